The van der Waals surface area contributed by atoms with Crippen LogP contribution in [0.2, 0.25) is 5.02 Å². The Morgan fingerprint density at radius 2 is 2.20 bits per heavy atom. The number of aliphatic hydroxyl groups is 1. The van der Waals surface area contributed by atoms with Crippen LogP contribution in [0.3, 0.4) is 0 Å². The van der Waals surface area contributed by atoms with E-state index in [1.165, 1.54) is 6.42 Å². The topological polar surface area (TPSA) is 41.3 Å². The summed E-state index contributed by atoms with van der Waals surface area (Å²) >= 11 is 6.32. The Balaban J connectivity index is 2.23. The van der Waals surface area contributed by atoms with Crippen LogP contribution in [-0.2, 0) is 12.1 Å². The summed E-state index contributed by atoms with van der Waals surface area (Å²) in [5.74, 6) is 0.681. The summed E-state index contributed by atoms with van der Waals surface area (Å²) in [7, 11) is 4.07. The lowest BCUT2D eigenvalue weighted by Gasteiger charge is -2.28. The number of hydrogen-bond acceptors (Lipinski definition) is 3. The molecule has 1 aliphatic rings. The molecular weight excluding hydrogens is 274 g/mol. The standard InChI is InChI=1S/C15H26ClN3O/c1-12-5-4-7-15(20,8-6-12)14-13(16)11-17-19(14)10-9-18(2)3/h11-12,20H,4-10H2,1-3H3. The lowest BCUT2D eigenvalue weighted by molar-refractivity contribution is 0.0108. The van der Waals surface area contributed by atoms with Crippen molar-refractivity contribution < 1.29 is 5.11 Å². The Kier molecular flexibility index (Phi) is 5.10. The van der Waals surface area contributed by atoms with Gasteiger partial charge < -0.3 is 10.0 Å². The van der Waals surface area contributed by atoms with Crippen molar-refractivity contribution in [2.45, 2.75) is 51.2 Å². The largest absolute Gasteiger partial charge is 0.384 e. The molecule has 1 heterocycles. The highest BCUT2D eigenvalue weighted by Crippen LogP contribution is 2.40. The van der Waals surface area contributed by atoms with Gasteiger partial charge in [-0.2, -0.15) is 5.10 Å². The summed E-state index contributed by atoms with van der Waals surface area (Å²) in [5, 5.41) is 16.1. The normalized spacial score (nSPS) is 27.8. The summed E-state index contributed by atoms with van der Waals surface area (Å²) in [5.41, 5.74) is 0.0000976. The molecule has 1 saturated carbocycles. The van der Waals surface area contributed by atoms with Gasteiger partial charge in [-0.1, -0.05) is 24.9 Å². The minimum absolute atomic E-state index is 0.598. The number of nitrogens with zero attached hydrogens (tertiary/aromatic N) is 3. The van der Waals surface area contributed by atoms with Gasteiger partial charge in [0, 0.05) is 6.54 Å². The number of aromatic nitrogens is 2. The second kappa shape index (κ2) is 6.46. The molecule has 20 heavy (non-hydrogen) atoms. The van der Waals surface area contributed by atoms with E-state index in [0.29, 0.717) is 10.9 Å². The molecule has 1 aromatic heterocycles. The molecule has 1 N–H and O–H groups in total. The molecule has 0 saturated heterocycles. The molecule has 0 aliphatic heterocycles. The van der Waals surface area contributed by atoms with E-state index >= 15 is 0 Å². The lowest BCUT2D eigenvalue weighted by atomic mass is 9.90. The van der Waals surface area contributed by atoms with E-state index in [1.54, 1.807) is 6.20 Å². The third-order valence-corrected chi connectivity index (χ3v) is 4.61. The van der Waals surface area contributed by atoms with Crippen LogP contribution in [0.1, 0.15) is 44.7 Å². The Labute approximate surface area is 126 Å². The molecule has 0 radical (unpaired) electrons. The van der Waals surface area contributed by atoms with E-state index in [4.69, 9.17) is 11.6 Å². The molecule has 2 rings (SSSR count). The zero-order chi connectivity index (χ0) is 14.8. The molecule has 2 unspecified atom stereocenters. The molecule has 5 heteroatoms. The third-order valence-electron chi connectivity index (χ3n) is 4.33. The molecule has 1 aromatic rings. The summed E-state index contributed by atoms with van der Waals surface area (Å²) in [4.78, 5) is 2.11. The van der Waals surface area contributed by atoms with Gasteiger partial charge in [0.2, 0.25) is 0 Å². The highest BCUT2D eigenvalue weighted by Gasteiger charge is 2.36. The van der Waals surface area contributed by atoms with E-state index in [9.17, 15) is 5.11 Å². The monoisotopic (exact) mass is 299 g/mol. The quantitative estimate of drug-likeness (QED) is 0.869. The first-order valence-electron chi connectivity index (χ1n) is 7.51. The molecule has 114 valence electrons. The molecule has 0 aromatic carbocycles. The van der Waals surface area contributed by atoms with Crippen molar-refractivity contribution in [3.05, 3.63) is 16.9 Å². The molecule has 1 fully saturated rings. The van der Waals surface area contributed by atoms with Gasteiger partial charge in [-0.15, -0.1) is 0 Å². The smallest absolute Gasteiger partial charge is 0.108 e. The van der Waals surface area contributed by atoms with Gasteiger partial charge in [-0.25, -0.2) is 0 Å². The van der Waals surface area contributed by atoms with E-state index in [1.807, 2.05) is 18.8 Å². The minimum atomic E-state index is -0.815. The number of rotatable bonds is 4. The number of likely N-dealkylation sites (N-methyl/N-ethyl adjacent to an activating group) is 1. The summed E-state index contributed by atoms with van der Waals surface area (Å²) in [6.45, 7) is 3.90. The Morgan fingerprint density at radius 1 is 1.45 bits per heavy atom. The maximum Gasteiger partial charge on any atom is 0.108 e. The first kappa shape index (κ1) is 15.8. The average Bonchev–Trinajstić information content (AvgIpc) is 2.67. The fraction of sp³-hybridized carbons (Fsp3) is 0.800. The SMILES string of the molecule is CC1CCCC(O)(c2c(Cl)cnn2CCN(C)C)CC1. The first-order chi connectivity index (χ1) is 9.42. The van der Waals surface area contributed by atoms with Crippen molar-refractivity contribution in [1.82, 2.24) is 14.7 Å². The van der Waals surface area contributed by atoms with Crippen LogP contribution in [0.4, 0.5) is 0 Å². The molecule has 0 spiro atoms. The van der Waals surface area contributed by atoms with Gasteiger partial charge in [0.1, 0.15) is 5.60 Å². The fourth-order valence-corrected chi connectivity index (χ4v) is 3.34. The van der Waals surface area contributed by atoms with Crippen LogP contribution in [0, 0.1) is 5.92 Å². The highest BCUT2D eigenvalue weighted by molar-refractivity contribution is 6.31. The van der Waals surface area contributed by atoms with E-state index in [2.05, 4.69) is 16.9 Å². The minimum Gasteiger partial charge on any atom is -0.384 e. The second-order valence-electron chi connectivity index (χ2n) is 6.44. The van der Waals surface area contributed by atoms with Gasteiger partial charge in [-0.05, 0) is 45.7 Å². The van der Waals surface area contributed by atoms with E-state index in [-0.39, 0.29) is 0 Å². The molecule has 1 aliphatic carbocycles. The van der Waals surface area contributed by atoms with Gasteiger partial charge >= 0.3 is 0 Å². The Bertz CT molecular complexity index is 446. The molecule has 2 atom stereocenters. The number of hydrogen-bond donors (Lipinski definition) is 1. The predicted molar refractivity (Wildman–Crippen MR) is 81.9 cm³/mol. The van der Waals surface area contributed by atoms with Gasteiger partial charge in [0.15, 0.2) is 0 Å². The Hall–Kier alpha value is -0.580. The molecule has 0 bridgehead atoms. The van der Waals surface area contributed by atoms with Crippen LogP contribution >= 0.6 is 11.6 Å². The van der Waals surface area contributed by atoms with Crippen LogP contribution in [0.5, 0.6) is 0 Å². The zero-order valence-electron chi connectivity index (χ0n) is 12.8. The van der Waals surface area contributed by atoms with Crippen LogP contribution in [0.25, 0.3) is 0 Å². The average molecular weight is 300 g/mol. The maximum atomic E-state index is 11.1. The Morgan fingerprint density at radius 3 is 2.90 bits per heavy atom. The van der Waals surface area contributed by atoms with Crippen molar-refractivity contribution in [3.8, 4) is 0 Å². The van der Waals surface area contributed by atoms with Gasteiger partial charge in [0.25, 0.3) is 0 Å². The second-order valence-corrected chi connectivity index (χ2v) is 6.84. The van der Waals surface area contributed by atoms with E-state index in [0.717, 1.165) is 44.5 Å². The fourth-order valence-electron chi connectivity index (χ4n) is 3.02. The third kappa shape index (κ3) is 3.54. The summed E-state index contributed by atoms with van der Waals surface area (Å²) in [6, 6.07) is 0. The van der Waals surface area contributed by atoms with Crippen molar-refractivity contribution in [2.75, 3.05) is 20.6 Å². The van der Waals surface area contributed by atoms with Crippen LogP contribution in [-0.4, -0.2) is 40.4 Å². The van der Waals surface area contributed by atoms with Crippen LogP contribution < -0.4 is 0 Å². The number of halogens is 1. The molecular formula is C15H26ClN3O. The predicted octanol–water partition coefficient (Wildman–Crippen LogP) is 2.89. The lowest BCUT2D eigenvalue weighted by Crippen LogP contribution is -2.31. The van der Waals surface area contributed by atoms with Gasteiger partial charge in [-0.3, -0.25) is 4.68 Å². The van der Waals surface area contributed by atoms with Crippen LogP contribution in [0.15, 0.2) is 6.20 Å². The van der Waals surface area contributed by atoms with Crippen molar-refractivity contribution in [1.29, 1.82) is 0 Å². The van der Waals surface area contributed by atoms with Gasteiger partial charge in [0.05, 0.1) is 23.5 Å². The maximum absolute atomic E-state index is 11.1. The zero-order valence-corrected chi connectivity index (χ0v) is 13.5. The van der Waals surface area contributed by atoms with Crippen molar-refractivity contribution in [2.24, 2.45) is 5.92 Å². The summed E-state index contributed by atoms with van der Waals surface area (Å²) < 4.78 is 1.89. The van der Waals surface area contributed by atoms with Crippen molar-refractivity contribution in [3.63, 3.8) is 0 Å². The van der Waals surface area contributed by atoms with Crippen molar-refractivity contribution >= 4 is 11.6 Å². The first-order valence-corrected chi connectivity index (χ1v) is 7.89. The van der Waals surface area contributed by atoms with E-state index < -0.39 is 5.60 Å². The summed E-state index contributed by atoms with van der Waals surface area (Å²) in [6.07, 6.45) is 6.51. The highest BCUT2D eigenvalue weighted by atomic mass is 35.5. The molecule has 0 amide bonds. The molecule has 4 nitrogen and oxygen atoms in total.